The van der Waals surface area contributed by atoms with Gasteiger partial charge in [-0.2, -0.15) is 10.4 Å². The van der Waals surface area contributed by atoms with Crippen LogP contribution in [0.1, 0.15) is 31.4 Å². The zero-order chi connectivity index (χ0) is 20.9. The van der Waals surface area contributed by atoms with Crippen molar-refractivity contribution in [3.8, 4) is 28.8 Å². The first kappa shape index (κ1) is 19.6. The molecular formula is C20H22N8O2. The number of pyridine rings is 1. The molecule has 3 heterocycles. The second-order valence-electron chi connectivity index (χ2n) is 7.06. The third-order valence-electron chi connectivity index (χ3n) is 4.98. The highest BCUT2D eigenvalue weighted by molar-refractivity contribution is 5.75. The van der Waals surface area contributed by atoms with Crippen LogP contribution in [-0.4, -0.2) is 44.4 Å². The molecule has 0 bridgehead atoms. The Morgan fingerprint density at radius 3 is 2.60 bits per heavy atom. The van der Waals surface area contributed by atoms with E-state index in [0.717, 1.165) is 31.2 Å². The van der Waals surface area contributed by atoms with Gasteiger partial charge in [-0.05, 0) is 25.7 Å². The first-order valence-electron chi connectivity index (χ1n) is 9.65. The van der Waals surface area contributed by atoms with Crippen LogP contribution >= 0.6 is 0 Å². The first-order valence-corrected chi connectivity index (χ1v) is 9.65. The van der Waals surface area contributed by atoms with Gasteiger partial charge in [-0.1, -0.05) is 0 Å². The number of rotatable bonds is 6. The molecule has 154 valence electrons. The quantitative estimate of drug-likeness (QED) is 0.561. The summed E-state index contributed by atoms with van der Waals surface area (Å²) in [6.07, 6.45) is 9.99. The van der Waals surface area contributed by atoms with E-state index in [1.54, 1.807) is 19.5 Å². The van der Waals surface area contributed by atoms with E-state index < -0.39 is 0 Å². The first-order chi connectivity index (χ1) is 14.7. The van der Waals surface area contributed by atoms with Crippen molar-refractivity contribution in [2.45, 2.75) is 37.8 Å². The minimum absolute atomic E-state index is 0.0897. The molecule has 10 heteroatoms. The fourth-order valence-corrected chi connectivity index (χ4v) is 3.41. The lowest BCUT2D eigenvalue weighted by molar-refractivity contribution is 0.147. The van der Waals surface area contributed by atoms with Crippen LogP contribution in [0.3, 0.4) is 0 Å². The van der Waals surface area contributed by atoms with Gasteiger partial charge in [0.15, 0.2) is 17.3 Å². The lowest BCUT2D eigenvalue weighted by Gasteiger charge is -2.27. The topological polar surface area (TPSA) is 148 Å². The number of H-pyrrole nitrogens is 1. The molecule has 1 fully saturated rings. The van der Waals surface area contributed by atoms with E-state index in [9.17, 15) is 0 Å². The molecule has 0 aromatic carbocycles. The molecule has 1 aliphatic rings. The molecule has 0 atom stereocenters. The summed E-state index contributed by atoms with van der Waals surface area (Å²) < 4.78 is 11.8. The average Bonchev–Trinajstić information content (AvgIpc) is 3.23. The van der Waals surface area contributed by atoms with Gasteiger partial charge in [0, 0.05) is 12.1 Å². The number of hydrogen-bond donors (Lipinski definition) is 3. The summed E-state index contributed by atoms with van der Waals surface area (Å²) in [4.78, 5) is 12.4. The van der Waals surface area contributed by atoms with Crippen molar-refractivity contribution in [1.82, 2.24) is 25.1 Å². The molecule has 0 aliphatic heterocycles. The summed E-state index contributed by atoms with van der Waals surface area (Å²) in [7, 11) is 1.59. The van der Waals surface area contributed by atoms with Gasteiger partial charge < -0.3 is 20.5 Å². The maximum Gasteiger partial charge on any atom is 0.158 e. The molecular weight excluding hydrogens is 384 g/mol. The summed E-state index contributed by atoms with van der Waals surface area (Å²) in [6, 6.07) is 4.00. The molecule has 0 radical (unpaired) electrons. The molecule has 1 saturated carbocycles. The van der Waals surface area contributed by atoms with Crippen molar-refractivity contribution in [1.29, 1.82) is 5.26 Å². The molecule has 4 N–H and O–H groups in total. The molecule has 30 heavy (non-hydrogen) atoms. The van der Waals surface area contributed by atoms with E-state index in [1.807, 2.05) is 12.1 Å². The highest BCUT2D eigenvalue weighted by Crippen LogP contribution is 2.39. The number of nitrogens with one attached hydrogen (secondary N) is 2. The number of nitrogens with two attached hydrogens (primary N) is 1. The summed E-state index contributed by atoms with van der Waals surface area (Å²) in [5, 5.41) is 19.2. The summed E-state index contributed by atoms with van der Waals surface area (Å²) >= 11 is 0. The second kappa shape index (κ2) is 8.75. The van der Waals surface area contributed by atoms with Crippen molar-refractivity contribution in [2.24, 2.45) is 5.73 Å². The highest BCUT2D eigenvalue weighted by atomic mass is 16.5. The van der Waals surface area contributed by atoms with Gasteiger partial charge in [0.2, 0.25) is 0 Å². The van der Waals surface area contributed by atoms with Crippen molar-refractivity contribution in [2.75, 3.05) is 12.4 Å². The molecule has 10 nitrogen and oxygen atoms in total. The van der Waals surface area contributed by atoms with E-state index in [2.05, 4.69) is 30.5 Å². The van der Waals surface area contributed by atoms with Crippen molar-refractivity contribution < 1.29 is 9.47 Å². The van der Waals surface area contributed by atoms with Gasteiger partial charge in [-0.3, -0.25) is 10.1 Å². The van der Waals surface area contributed by atoms with Crippen LogP contribution in [-0.2, 0) is 0 Å². The number of hydrogen-bond acceptors (Lipinski definition) is 9. The summed E-state index contributed by atoms with van der Waals surface area (Å²) in [5.74, 6) is 2.22. The van der Waals surface area contributed by atoms with E-state index >= 15 is 0 Å². The van der Waals surface area contributed by atoms with E-state index in [1.165, 1.54) is 12.4 Å². The molecule has 0 saturated heterocycles. The Morgan fingerprint density at radius 1 is 1.10 bits per heavy atom. The van der Waals surface area contributed by atoms with Crippen LogP contribution in [0.5, 0.6) is 11.5 Å². The fraction of sp³-hybridized carbons (Fsp3) is 0.350. The van der Waals surface area contributed by atoms with E-state index in [0.29, 0.717) is 28.8 Å². The van der Waals surface area contributed by atoms with Gasteiger partial charge in [-0.15, -0.1) is 0 Å². The Morgan fingerprint density at radius 2 is 1.90 bits per heavy atom. The van der Waals surface area contributed by atoms with E-state index in [4.69, 9.17) is 20.5 Å². The minimum atomic E-state index is 0.0897. The van der Waals surface area contributed by atoms with Gasteiger partial charge in [0.05, 0.1) is 49.3 Å². The molecule has 0 amide bonds. The largest absolute Gasteiger partial charge is 0.494 e. The smallest absolute Gasteiger partial charge is 0.158 e. The molecule has 1 aliphatic carbocycles. The second-order valence-corrected chi connectivity index (χ2v) is 7.06. The third kappa shape index (κ3) is 4.31. The molecule has 3 aromatic rings. The Balaban J connectivity index is 1.57. The number of aromatic amines is 1. The van der Waals surface area contributed by atoms with Crippen molar-refractivity contribution in [3.63, 3.8) is 0 Å². The molecule has 0 unspecified atom stereocenters. The maximum atomic E-state index is 8.83. The zero-order valence-corrected chi connectivity index (χ0v) is 16.5. The van der Waals surface area contributed by atoms with Crippen molar-refractivity contribution in [3.05, 3.63) is 36.5 Å². The van der Waals surface area contributed by atoms with Gasteiger partial charge >= 0.3 is 0 Å². The van der Waals surface area contributed by atoms with Crippen LogP contribution in [0.25, 0.3) is 11.3 Å². The van der Waals surface area contributed by atoms with E-state index in [-0.39, 0.29) is 17.8 Å². The third-order valence-corrected chi connectivity index (χ3v) is 4.98. The normalized spacial score (nSPS) is 18.4. The SMILES string of the molecule is COc1cncc(OC2CCC(N)CC2)c1-c1cc(Nc2cnc(C#N)cn2)n[nH]1. The van der Waals surface area contributed by atoms with Crippen molar-refractivity contribution >= 4 is 11.6 Å². The predicted octanol–water partition coefficient (Wildman–Crippen LogP) is 2.53. The van der Waals surface area contributed by atoms with Gasteiger partial charge in [0.25, 0.3) is 0 Å². The number of nitriles is 1. The lowest BCUT2D eigenvalue weighted by atomic mass is 9.93. The monoisotopic (exact) mass is 406 g/mol. The Labute approximate surface area is 173 Å². The Bertz CT molecular complexity index is 1040. The number of ether oxygens (including phenoxy) is 2. The van der Waals surface area contributed by atoms with Crippen LogP contribution in [0, 0.1) is 11.3 Å². The van der Waals surface area contributed by atoms with Crippen LogP contribution < -0.4 is 20.5 Å². The predicted molar refractivity (Wildman–Crippen MR) is 109 cm³/mol. The van der Waals surface area contributed by atoms with Crippen LogP contribution in [0.2, 0.25) is 0 Å². The van der Waals surface area contributed by atoms with Crippen LogP contribution in [0.4, 0.5) is 11.6 Å². The molecule has 3 aromatic heterocycles. The number of methoxy groups -OCH3 is 1. The highest BCUT2D eigenvalue weighted by Gasteiger charge is 2.23. The summed E-state index contributed by atoms with van der Waals surface area (Å²) in [5.41, 5.74) is 7.70. The summed E-state index contributed by atoms with van der Waals surface area (Å²) in [6.45, 7) is 0. The van der Waals surface area contributed by atoms with Gasteiger partial charge in [-0.25, -0.2) is 9.97 Å². The average molecular weight is 406 g/mol. The molecule has 4 rings (SSSR count). The number of aromatic nitrogens is 5. The number of anilines is 2. The van der Waals surface area contributed by atoms with Crippen LogP contribution in [0.15, 0.2) is 30.9 Å². The fourth-order valence-electron chi connectivity index (χ4n) is 3.41. The zero-order valence-electron chi connectivity index (χ0n) is 16.5. The Kier molecular flexibility index (Phi) is 5.72. The Hall–Kier alpha value is -3.71. The standard InChI is InChI=1S/C20H22N8O2/c1-29-16-9-23-10-17(30-14-4-2-12(22)3-5-14)20(16)15-6-18(28-27-15)26-19-11-24-13(7-21)8-25-19/h6,8-12,14H,2-5,22H2,1H3,(H2,25,26,27,28). The van der Waals surface area contributed by atoms with Gasteiger partial charge in [0.1, 0.15) is 17.6 Å². The molecule has 0 spiro atoms. The lowest BCUT2D eigenvalue weighted by Crippen LogP contribution is -2.31. The maximum absolute atomic E-state index is 8.83. The number of nitrogens with zero attached hydrogens (tertiary/aromatic N) is 5. The minimum Gasteiger partial charge on any atom is -0.494 e.